The summed E-state index contributed by atoms with van der Waals surface area (Å²) in [5.41, 5.74) is -2.57. The first kappa shape index (κ1) is 26.6. The van der Waals surface area contributed by atoms with Crippen LogP contribution in [-0.4, -0.2) is 76.2 Å². The van der Waals surface area contributed by atoms with E-state index in [1.807, 2.05) is 0 Å². The number of Topliss-reactive ketones (excluding diaryl/α,β-unsaturated/α-hetero) is 1. The molecule has 0 saturated heterocycles. The van der Waals surface area contributed by atoms with Gasteiger partial charge in [-0.15, -0.1) is 0 Å². The number of methoxy groups -OCH3 is 5. The number of anilines is 1. The highest BCUT2D eigenvalue weighted by atomic mass is 16.7. The fourth-order valence-electron chi connectivity index (χ4n) is 5.26. The molecule has 2 aliphatic rings. The molecule has 37 heavy (non-hydrogen) atoms. The van der Waals surface area contributed by atoms with Crippen LogP contribution >= 0.6 is 0 Å². The Hall–Kier alpha value is -3.41. The molecule has 0 radical (unpaired) electrons. The minimum atomic E-state index is -2.89. The Morgan fingerprint density at radius 2 is 1.65 bits per heavy atom. The van der Waals surface area contributed by atoms with Crippen LogP contribution in [0.4, 0.5) is 10.5 Å². The number of benzene rings is 2. The van der Waals surface area contributed by atoms with Crippen LogP contribution < -0.4 is 14.4 Å². The summed E-state index contributed by atoms with van der Waals surface area (Å²) >= 11 is 0. The number of ketones is 1. The van der Waals surface area contributed by atoms with Gasteiger partial charge in [-0.25, -0.2) is 9.59 Å². The van der Waals surface area contributed by atoms with E-state index in [4.69, 9.17) is 28.4 Å². The number of aliphatic hydroxyl groups is 1. The summed E-state index contributed by atoms with van der Waals surface area (Å²) in [7, 11) is 6.28. The summed E-state index contributed by atoms with van der Waals surface area (Å²) in [5.74, 6) is -4.06. The number of carbonyl (C=O) groups is 3. The van der Waals surface area contributed by atoms with Gasteiger partial charge >= 0.3 is 12.1 Å². The lowest BCUT2D eigenvalue weighted by molar-refractivity contribution is -0.286. The molecule has 1 heterocycles. The maximum Gasteiger partial charge on any atom is 0.414 e. The third-order valence-electron chi connectivity index (χ3n) is 6.76. The molecule has 0 unspecified atom stereocenters. The lowest BCUT2D eigenvalue weighted by Gasteiger charge is -2.37. The number of hydrogen-bond donors (Lipinski definition) is 1. The van der Waals surface area contributed by atoms with Crippen LogP contribution in [0, 0.1) is 0 Å². The predicted molar refractivity (Wildman–Crippen MR) is 131 cm³/mol. The Balaban J connectivity index is 2.19. The zero-order valence-electron chi connectivity index (χ0n) is 22.1. The van der Waals surface area contributed by atoms with Crippen LogP contribution in [-0.2, 0) is 35.9 Å². The summed E-state index contributed by atoms with van der Waals surface area (Å²) in [4.78, 5) is 41.6. The second kappa shape index (κ2) is 8.86. The van der Waals surface area contributed by atoms with Gasteiger partial charge in [0.25, 0.3) is 5.60 Å². The number of esters is 1. The molecule has 11 heteroatoms. The number of fused-ring (bicyclic) bond motifs is 2. The smallest absolute Gasteiger partial charge is 0.414 e. The van der Waals surface area contributed by atoms with Crippen molar-refractivity contribution in [3.05, 3.63) is 28.8 Å². The molecule has 1 amide bonds. The summed E-state index contributed by atoms with van der Waals surface area (Å²) < 4.78 is 32.9. The number of rotatable bonds is 5. The van der Waals surface area contributed by atoms with Crippen molar-refractivity contribution in [2.24, 2.45) is 0 Å². The third kappa shape index (κ3) is 3.48. The van der Waals surface area contributed by atoms with Crippen molar-refractivity contribution in [2.45, 2.75) is 44.2 Å². The first-order chi connectivity index (χ1) is 17.4. The molecule has 0 fully saturated rings. The molecule has 1 aliphatic carbocycles. The third-order valence-corrected chi connectivity index (χ3v) is 6.76. The second-order valence-electron chi connectivity index (χ2n) is 9.78. The minimum absolute atomic E-state index is 0.0193. The Kier molecular flexibility index (Phi) is 6.38. The number of amides is 1. The molecule has 11 nitrogen and oxygen atoms in total. The highest BCUT2D eigenvalue weighted by Gasteiger charge is 2.71. The maximum atomic E-state index is 14.0. The van der Waals surface area contributed by atoms with Crippen LogP contribution in [0.2, 0.25) is 0 Å². The average molecular weight is 518 g/mol. The van der Waals surface area contributed by atoms with E-state index < -0.39 is 34.8 Å². The number of ether oxygens (including phenoxy) is 6. The number of hydrogen-bond acceptors (Lipinski definition) is 10. The van der Waals surface area contributed by atoms with E-state index in [0.717, 1.165) is 12.7 Å². The maximum absolute atomic E-state index is 14.0. The van der Waals surface area contributed by atoms with Crippen molar-refractivity contribution in [2.75, 3.05) is 47.0 Å². The van der Waals surface area contributed by atoms with Crippen molar-refractivity contribution in [1.82, 2.24) is 0 Å². The molecule has 200 valence electrons. The van der Waals surface area contributed by atoms with Gasteiger partial charge < -0.3 is 33.5 Å². The fraction of sp³-hybridized carbons (Fsp3) is 0.500. The van der Waals surface area contributed by atoms with Gasteiger partial charge in [0.2, 0.25) is 11.6 Å². The minimum Gasteiger partial charge on any atom is -0.493 e. The predicted octanol–water partition coefficient (Wildman–Crippen LogP) is 2.70. The molecule has 2 aromatic rings. The summed E-state index contributed by atoms with van der Waals surface area (Å²) in [6, 6.07) is 3.28. The number of nitrogens with zero attached hydrogens (tertiary/aromatic N) is 1. The van der Waals surface area contributed by atoms with E-state index in [2.05, 4.69) is 0 Å². The molecule has 4 rings (SSSR count). The molecule has 1 atom stereocenters. The first-order valence-corrected chi connectivity index (χ1v) is 11.6. The van der Waals surface area contributed by atoms with Crippen molar-refractivity contribution in [3.8, 4) is 11.5 Å². The second-order valence-corrected chi connectivity index (χ2v) is 9.78. The van der Waals surface area contributed by atoms with Crippen molar-refractivity contribution in [1.29, 1.82) is 0 Å². The highest BCUT2D eigenvalue weighted by Crippen LogP contribution is 2.56. The van der Waals surface area contributed by atoms with Crippen LogP contribution in [0.25, 0.3) is 10.8 Å². The van der Waals surface area contributed by atoms with E-state index >= 15 is 0 Å². The standard InChI is InChI=1S/C26H31NO10/c1-24(2,3)37-23(30)27-10-9-13-11-16(32-4)20(33-5)19-17(13)15(27)12-14-18(19)21(28)25(31,22(29)34-6)26(14,35-7)36-8/h11-12,31H,9-10H2,1-8H3/t25-/m1/s1. The van der Waals surface area contributed by atoms with Gasteiger partial charge in [-0.05, 0) is 44.9 Å². The number of carbonyl (C=O) groups excluding carboxylic acids is 3. The summed E-state index contributed by atoms with van der Waals surface area (Å²) in [6.45, 7) is 5.52. The van der Waals surface area contributed by atoms with Crippen LogP contribution in [0.1, 0.15) is 42.3 Å². The van der Waals surface area contributed by atoms with Gasteiger partial charge in [-0.2, -0.15) is 0 Å². The Labute approximate surface area is 214 Å². The van der Waals surface area contributed by atoms with E-state index in [1.165, 1.54) is 39.4 Å². The molecule has 1 aliphatic heterocycles. The van der Waals surface area contributed by atoms with Crippen molar-refractivity contribution < 1.29 is 47.9 Å². The van der Waals surface area contributed by atoms with Crippen molar-refractivity contribution in [3.63, 3.8) is 0 Å². The van der Waals surface area contributed by atoms with Gasteiger partial charge in [-0.1, -0.05) is 0 Å². The van der Waals surface area contributed by atoms with Gasteiger partial charge in [0, 0.05) is 42.7 Å². The van der Waals surface area contributed by atoms with E-state index in [1.54, 1.807) is 26.8 Å². The van der Waals surface area contributed by atoms with Gasteiger partial charge in [0.15, 0.2) is 11.5 Å². The zero-order chi connectivity index (χ0) is 27.5. The average Bonchev–Trinajstić information content (AvgIpc) is 3.05. The SMILES string of the molecule is COC(=O)[C@]1(O)C(=O)c2c(cc3c4c(cc(OC)c(OC)c24)CCN3C(=O)OC(C)(C)C)C1(OC)OC. The summed E-state index contributed by atoms with van der Waals surface area (Å²) in [5, 5.41) is 12.4. The zero-order valence-corrected chi connectivity index (χ0v) is 22.1. The van der Waals surface area contributed by atoms with Gasteiger partial charge in [0.05, 0.1) is 27.0 Å². The van der Waals surface area contributed by atoms with Crippen LogP contribution in [0.5, 0.6) is 11.5 Å². The Bertz CT molecular complexity index is 1310. The molecule has 0 spiro atoms. The van der Waals surface area contributed by atoms with Gasteiger partial charge in [0.1, 0.15) is 5.60 Å². The largest absolute Gasteiger partial charge is 0.493 e. The Morgan fingerprint density at radius 1 is 1.00 bits per heavy atom. The summed E-state index contributed by atoms with van der Waals surface area (Å²) in [6.07, 6.45) is -0.195. The lowest BCUT2D eigenvalue weighted by atomic mass is 9.89. The fourth-order valence-corrected chi connectivity index (χ4v) is 5.26. The van der Waals surface area contributed by atoms with Crippen LogP contribution in [0.15, 0.2) is 12.1 Å². The van der Waals surface area contributed by atoms with E-state index in [9.17, 15) is 19.5 Å². The molecule has 0 bridgehead atoms. The molecule has 0 saturated carbocycles. The van der Waals surface area contributed by atoms with E-state index in [-0.39, 0.29) is 28.8 Å². The molecule has 2 aromatic carbocycles. The monoisotopic (exact) mass is 517 g/mol. The molecular formula is C26H31NO10. The quantitative estimate of drug-likeness (QED) is 0.359. The van der Waals surface area contributed by atoms with Gasteiger partial charge in [-0.3, -0.25) is 9.69 Å². The molecule has 1 N–H and O–H groups in total. The topological polar surface area (TPSA) is 130 Å². The van der Waals surface area contributed by atoms with E-state index in [0.29, 0.717) is 23.2 Å². The van der Waals surface area contributed by atoms with Crippen LogP contribution in [0.3, 0.4) is 0 Å². The van der Waals surface area contributed by atoms with Crippen molar-refractivity contribution >= 4 is 34.3 Å². The lowest BCUT2D eigenvalue weighted by Crippen LogP contribution is -2.60. The Morgan fingerprint density at radius 3 is 2.16 bits per heavy atom. The normalized spacial score (nSPS) is 20.0. The molecule has 0 aromatic heterocycles. The first-order valence-electron chi connectivity index (χ1n) is 11.6. The highest BCUT2D eigenvalue weighted by molar-refractivity contribution is 6.28. The molecular weight excluding hydrogens is 486 g/mol.